The van der Waals surface area contributed by atoms with Crippen LogP contribution in [0.3, 0.4) is 0 Å². The minimum atomic E-state index is -0.327. The molecule has 0 bridgehead atoms. The summed E-state index contributed by atoms with van der Waals surface area (Å²) >= 11 is 9.56. The number of carbonyl (C=O) groups excluding carboxylic acids is 1. The molecule has 0 radical (unpaired) electrons. The minimum Gasteiger partial charge on any atom is -0.393 e. The van der Waals surface area contributed by atoms with E-state index in [9.17, 15) is 9.90 Å². The molecule has 1 atom stereocenters. The first-order chi connectivity index (χ1) is 14.5. The number of aliphatic hydroxyl groups is 1. The van der Waals surface area contributed by atoms with E-state index in [0.29, 0.717) is 17.3 Å². The van der Waals surface area contributed by atoms with Crippen molar-refractivity contribution in [2.24, 2.45) is 0 Å². The number of aliphatic hydroxyl groups excluding tert-OH is 1. The van der Waals surface area contributed by atoms with Gasteiger partial charge in [0, 0.05) is 15.5 Å². The number of carbonyl (C=O) groups is 1. The highest BCUT2D eigenvalue weighted by molar-refractivity contribution is 9.10. The summed E-state index contributed by atoms with van der Waals surface area (Å²) in [6, 6.07) is 13.1. The lowest BCUT2D eigenvalue weighted by Gasteiger charge is -2.27. The molecular weight excluding hydrogens is 468 g/mol. The maximum atomic E-state index is 12.7. The summed E-state index contributed by atoms with van der Waals surface area (Å²) in [6.45, 7) is 0. The van der Waals surface area contributed by atoms with E-state index in [4.69, 9.17) is 11.6 Å². The molecule has 0 saturated heterocycles. The van der Waals surface area contributed by atoms with Crippen molar-refractivity contribution in [3.63, 3.8) is 0 Å². The first-order valence-electron chi connectivity index (χ1n) is 10.1. The van der Waals surface area contributed by atoms with E-state index in [2.05, 4.69) is 36.5 Å². The average molecular weight is 492 g/mol. The molecule has 3 aromatic rings. The summed E-state index contributed by atoms with van der Waals surface area (Å²) in [5.41, 5.74) is 2.73. The molecule has 0 spiro atoms. The Morgan fingerprint density at radius 1 is 1.20 bits per heavy atom. The van der Waals surface area contributed by atoms with Crippen molar-refractivity contribution in [3.8, 4) is 0 Å². The second kappa shape index (κ2) is 9.37. The molecule has 4 N–H and O–H groups in total. The molecule has 158 valence electrons. The summed E-state index contributed by atoms with van der Waals surface area (Å²) in [5.74, 6) is 0.685. The Morgan fingerprint density at radius 2 is 1.93 bits per heavy atom. The van der Waals surface area contributed by atoms with Crippen LogP contribution in [0.25, 0.3) is 11.0 Å². The second-order valence-corrected chi connectivity index (χ2v) is 9.14. The van der Waals surface area contributed by atoms with Gasteiger partial charge in [-0.25, -0.2) is 9.78 Å². The van der Waals surface area contributed by atoms with Crippen molar-refractivity contribution in [2.45, 2.75) is 50.3 Å². The molecule has 1 unspecified atom stereocenters. The van der Waals surface area contributed by atoms with Crippen LogP contribution in [-0.2, 0) is 6.42 Å². The van der Waals surface area contributed by atoms with Crippen LogP contribution in [0.5, 0.6) is 0 Å². The summed E-state index contributed by atoms with van der Waals surface area (Å²) < 4.78 is 1.01. The van der Waals surface area contributed by atoms with Crippen LogP contribution < -0.4 is 10.6 Å². The van der Waals surface area contributed by atoms with E-state index in [1.165, 1.54) is 0 Å². The third kappa shape index (κ3) is 5.33. The topological polar surface area (TPSA) is 90.0 Å². The third-order valence-corrected chi connectivity index (χ3v) is 6.25. The van der Waals surface area contributed by atoms with Crippen molar-refractivity contribution in [1.29, 1.82) is 0 Å². The molecule has 2 aromatic carbocycles. The van der Waals surface area contributed by atoms with Gasteiger partial charge in [0.1, 0.15) is 5.82 Å². The molecule has 1 aromatic heterocycles. The molecule has 1 aliphatic rings. The van der Waals surface area contributed by atoms with E-state index < -0.39 is 0 Å². The lowest BCUT2D eigenvalue weighted by molar-refractivity contribution is 0.117. The maximum absolute atomic E-state index is 12.7. The maximum Gasteiger partial charge on any atom is 0.315 e. The molecule has 8 heteroatoms. The largest absolute Gasteiger partial charge is 0.393 e. The first kappa shape index (κ1) is 21.2. The Labute approximate surface area is 188 Å². The van der Waals surface area contributed by atoms with E-state index in [-0.39, 0.29) is 24.2 Å². The molecule has 30 heavy (non-hydrogen) atoms. The molecule has 4 rings (SSSR count). The summed E-state index contributed by atoms with van der Waals surface area (Å²) in [4.78, 5) is 20.7. The molecule has 0 aliphatic heterocycles. The van der Waals surface area contributed by atoms with Gasteiger partial charge in [-0.05, 0) is 68.0 Å². The Balaban J connectivity index is 1.52. The Morgan fingerprint density at radius 3 is 2.67 bits per heavy atom. The number of aromatic nitrogens is 2. The second-order valence-electron chi connectivity index (χ2n) is 7.79. The number of aromatic amines is 1. The zero-order chi connectivity index (χ0) is 21.1. The number of imidazole rings is 1. The van der Waals surface area contributed by atoms with Gasteiger partial charge in [0.25, 0.3) is 0 Å². The lowest BCUT2D eigenvalue weighted by Crippen LogP contribution is -2.45. The number of amides is 2. The van der Waals surface area contributed by atoms with E-state index in [0.717, 1.165) is 46.8 Å². The van der Waals surface area contributed by atoms with Crippen molar-refractivity contribution < 1.29 is 9.90 Å². The summed E-state index contributed by atoms with van der Waals surface area (Å²) in [6.07, 6.45) is 3.36. The molecule has 1 fully saturated rings. The van der Waals surface area contributed by atoms with Crippen LogP contribution in [0.1, 0.15) is 43.1 Å². The van der Waals surface area contributed by atoms with Crippen LogP contribution in [-0.4, -0.2) is 33.3 Å². The van der Waals surface area contributed by atoms with E-state index >= 15 is 0 Å². The van der Waals surface area contributed by atoms with Gasteiger partial charge < -0.3 is 20.7 Å². The highest BCUT2D eigenvalue weighted by Crippen LogP contribution is 2.23. The SMILES string of the molecule is O=C(NC1CCC(O)CC1)NC(Cc1ccc(Br)cc1)c1nc2cc(Cl)ccc2[nH]1. The normalized spacial score (nSPS) is 20.1. The highest BCUT2D eigenvalue weighted by Gasteiger charge is 2.24. The van der Waals surface area contributed by atoms with Gasteiger partial charge in [-0.15, -0.1) is 0 Å². The standard InChI is InChI=1S/C22H24BrClN4O2/c23-14-3-1-13(2-4-14)11-20(21-26-18-10-5-15(24)12-19(18)27-21)28-22(30)25-16-6-8-17(29)9-7-16/h1-5,10,12,16-17,20,29H,6-9,11H2,(H,26,27)(H2,25,28,30). The van der Waals surface area contributed by atoms with E-state index in [1.54, 1.807) is 6.07 Å². The number of nitrogens with one attached hydrogen (secondary N) is 3. The predicted molar refractivity (Wildman–Crippen MR) is 122 cm³/mol. The zero-order valence-electron chi connectivity index (χ0n) is 16.4. The van der Waals surface area contributed by atoms with Gasteiger partial charge >= 0.3 is 6.03 Å². The van der Waals surface area contributed by atoms with Gasteiger partial charge in [0.05, 0.1) is 23.2 Å². The van der Waals surface area contributed by atoms with Crippen molar-refractivity contribution in [1.82, 2.24) is 20.6 Å². The summed E-state index contributed by atoms with van der Waals surface area (Å²) in [7, 11) is 0. The molecular formula is C22H24BrClN4O2. The predicted octanol–water partition coefficient (Wildman–Crippen LogP) is 4.87. The number of halogens is 2. The molecule has 2 amide bonds. The number of rotatable bonds is 5. The smallest absolute Gasteiger partial charge is 0.315 e. The van der Waals surface area contributed by atoms with E-state index in [1.807, 2.05) is 36.4 Å². The third-order valence-electron chi connectivity index (χ3n) is 5.48. The Kier molecular flexibility index (Phi) is 6.61. The van der Waals surface area contributed by atoms with Gasteiger partial charge in [-0.1, -0.05) is 39.7 Å². The van der Waals surface area contributed by atoms with Crippen LogP contribution in [0.4, 0.5) is 4.79 Å². The number of benzene rings is 2. The molecule has 1 aliphatic carbocycles. The van der Waals surface area contributed by atoms with Crippen molar-refractivity contribution >= 4 is 44.6 Å². The van der Waals surface area contributed by atoms with Crippen molar-refractivity contribution in [2.75, 3.05) is 0 Å². The number of fused-ring (bicyclic) bond motifs is 1. The van der Waals surface area contributed by atoms with Crippen LogP contribution in [0.15, 0.2) is 46.9 Å². The highest BCUT2D eigenvalue weighted by atomic mass is 79.9. The molecule has 1 saturated carbocycles. The minimum absolute atomic E-state index is 0.0798. The van der Waals surface area contributed by atoms with Gasteiger partial charge in [0.2, 0.25) is 0 Å². The fourth-order valence-corrected chi connectivity index (χ4v) is 4.27. The number of hydrogen-bond acceptors (Lipinski definition) is 3. The molecule has 1 heterocycles. The number of urea groups is 1. The van der Waals surface area contributed by atoms with Crippen LogP contribution in [0, 0.1) is 0 Å². The van der Waals surface area contributed by atoms with Crippen LogP contribution >= 0.6 is 27.5 Å². The van der Waals surface area contributed by atoms with Crippen LogP contribution in [0.2, 0.25) is 5.02 Å². The fraction of sp³-hybridized carbons (Fsp3) is 0.364. The van der Waals surface area contributed by atoms with Crippen molar-refractivity contribution in [3.05, 3.63) is 63.3 Å². The zero-order valence-corrected chi connectivity index (χ0v) is 18.7. The lowest BCUT2D eigenvalue weighted by atomic mass is 9.93. The molecule has 6 nitrogen and oxygen atoms in total. The number of hydrogen-bond donors (Lipinski definition) is 4. The number of nitrogens with zero attached hydrogens (tertiary/aromatic N) is 1. The Bertz CT molecular complexity index is 1020. The fourth-order valence-electron chi connectivity index (χ4n) is 3.84. The average Bonchev–Trinajstić information content (AvgIpc) is 3.14. The van der Waals surface area contributed by atoms with Gasteiger partial charge in [0.15, 0.2) is 0 Å². The van der Waals surface area contributed by atoms with Gasteiger partial charge in [-0.2, -0.15) is 0 Å². The quantitative estimate of drug-likeness (QED) is 0.411. The summed E-state index contributed by atoms with van der Waals surface area (Å²) in [5, 5.41) is 16.4. The Hall–Kier alpha value is -2.09. The van der Waals surface area contributed by atoms with Gasteiger partial charge in [-0.3, -0.25) is 0 Å². The monoisotopic (exact) mass is 490 g/mol. The number of H-pyrrole nitrogens is 1. The first-order valence-corrected chi connectivity index (χ1v) is 11.3.